The van der Waals surface area contributed by atoms with Crippen LogP contribution in [0.4, 0.5) is 0 Å². The molecule has 0 N–H and O–H groups in total. The van der Waals surface area contributed by atoms with Crippen LogP contribution >= 0.6 is 0 Å². The Morgan fingerprint density at radius 2 is 0.545 bits per heavy atom. The summed E-state index contributed by atoms with van der Waals surface area (Å²) in [6.07, 6.45) is 33.7. The summed E-state index contributed by atoms with van der Waals surface area (Å²) in [5, 5.41) is 0. The number of allylic oxidation sites excluding steroid dienone is 4. The van der Waals surface area contributed by atoms with Crippen molar-refractivity contribution >= 4 is 0 Å². The molecule has 0 fully saturated rings. The average Bonchev–Trinajstić information content (AvgIpc) is 3.04. The number of hydrogen-bond donors (Lipinski definition) is 0. The van der Waals surface area contributed by atoms with E-state index >= 15 is 0 Å². The van der Waals surface area contributed by atoms with Crippen molar-refractivity contribution in [2.75, 3.05) is 26.4 Å². The van der Waals surface area contributed by atoms with Crippen LogP contribution in [-0.4, -0.2) is 26.4 Å². The van der Waals surface area contributed by atoms with Gasteiger partial charge in [-0.3, -0.25) is 0 Å². The molecule has 3 rings (SSSR count). The molecular formula is C40H60O4. The summed E-state index contributed by atoms with van der Waals surface area (Å²) in [7, 11) is 0. The minimum Gasteiger partial charge on any atom is -0.493 e. The van der Waals surface area contributed by atoms with Crippen LogP contribution in [0.15, 0.2) is 72.8 Å². The first-order valence-electron chi connectivity index (χ1n) is 17.9. The van der Waals surface area contributed by atoms with Crippen molar-refractivity contribution in [1.82, 2.24) is 0 Å². The third kappa shape index (κ3) is 18.7. The molecule has 1 heterocycles. The standard InChI is InChI=1S/C40H60O4/c1-2-6-10-14-18-22-32-42-38-28-26-30-40(36-38)44-34-24-20-16-12-8-4-3-7-11-15-19-23-33-43-39-29-25-27-37(35-39)41-31-21-17-13-9-5-1/h1-4,25-30,35-36H,5-24,31-34H2/b2-1-,4-3-. The lowest BCUT2D eigenvalue weighted by atomic mass is 10.1. The van der Waals surface area contributed by atoms with E-state index in [1.807, 2.05) is 48.5 Å². The van der Waals surface area contributed by atoms with E-state index in [2.05, 4.69) is 24.3 Å². The van der Waals surface area contributed by atoms with Crippen molar-refractivity contribution in [3.63, 3.8) is 0 Å². The molecule has 244 valence electrons. The Balaban J connectivity index is 1.32. The van der Waals surface area contributed by atoms with Gasteiger partial charge in [-0.15, -0.1) is 0 Å². The molecule has 1 aliphatic heterocycles. The molecule has 4 heteroatoms. The molecule has 0 unspecified atom stereocenters. The fraction of sp³-hybridized carbons (Fsp3) is 0.600. The van der Waals surface area contributed by atoms with Crippen molar-refractivity contribution in [2.24, 2.45) is 0 Å². The molecule has 0 spiro atoms. The molecule has 2 aromatic carbocycles. The van der Waals surface area contributed by atoms with Gasteiger partial charge in [0, 0.05) is 12.1 Å². The maximum atomic E-state index is 5.99. The summed E-state index contributed by atoms with van der Waals surface area (Å²) in [6.45, 7) is 3.11. The van der Waals surface area contributed by atoms with E-state index < -0.39 is 0 Å². The highest BCUT2D eigenvalue weighted by Gasteiger charge is 2.01. The van der Waals surface area contributed by atoms with Crippen LogP contribution in [0, 0.1) is 0 Å². The molecule has 44 heavy (non-hydrogen) atoms. The lowest BCUT2D eigenvalue weighted by Crippen LogP contribution is -2.00. The molecule has 0 aromatic heterocycles. The van der Waals surface area contributed by atoms with Gasteiger partial charge < -0.3 is 18.9 Å². The van der Waals surface area contributed by atoms with E-state index in [1.54, 1.807) is 0 Å². The van der Waals surface area contributed by atoms with Gasteiger partial charge in [0.25, 0.3) is 0 Å². The van der Waals surface area contributed by atoms with Crippen LogP contribution in [0.25, 0.3) is 0 Å². The molecule has 0 aliphatic carbocycles. The highest BCUT2D eigenvalue weighted by molar-refractivity contribution is 5.33. The van der Waals surface area contributed by atoms with Crippen molar-refractivity contribution in [2.45, 2.75) is 128 Å². The molecule has 0 amide bonds. The Morgan fingerprint density at radius 1 is 0.295 bits per heavy atom. The van der Waals surface area contributed by atoms with E-state index in [-0.39, 0.29) is 0 Å². The van der Waals surface area contributed by atoms with Crippen molar-refractivity contribution < 1.29 is 18.9 Å². The van der Waals surface area contributed by atoms with Gasteiger partial charge in [0.1, 0.15) is 23.0 Å². The molecule has 4 bridgehead atoms. The summed E-state index contributed by atoms with van der Waals surface area (Å²) in [4.78, 5) is 0. The van der Waals surface area contributed by atoms with Crippen LogP contribution < -0.4 is 18.9 Å². The molecule has 0 radical (unpaired) electrons. The highest BCUT2D eigenvalue weighted by Crippen LogP contribution is 2.22. The first-order chi connectivity index (χ1) is 21.9. The maximum Gasteiger partial charge on any atom is 0.122 e. The van der Waals surface area contributed by atoms with Crippen molar-refractivity contribution in [3.05, 3.63) is 72.8 Å². The van der Waals surface area contributed by atoms with Gasteiger partial charge in [0.05, 0.1) is 26.4 Å². The second-order valence-electron chi connectivity index (χ2n) is 12.1. The Morgan fingerprint density at radius 3 is 0.818 bits per heavy atom. The predicted molar refractivity (Wildman–Crippen MR) is 185 cm³/mol. The maximum absolute atomic E-state index is 5.99. The Bertz CT molecular complexity index is 862. The molecule has 0 saturated carbocycles. The van der Waals surface area contributed by atoms with Crippen molar-refractivity contribution in [1.29, 1.82) is 0 Å². The topological polar surface area (TPSA) is 36.9 Å². The van der Waals surface area contributed by atoms with E-state index in [0.717, 1.165) is 75.1 Å². The number of benzene rings is 2. The van der Waals surface area contributed by atoms with Gasteiger partial charge in [-0.2, -0.15) is 0 Å². The average molecular weight is 605 g/mol. The van der Waals surface area contributed by atoms with E-state index in [1.165, 1.54) is 103 Å². The minimum atomic E-state index is 0.777. The van der Waals surface area contributed by atoms with Crippen molar-refractivity contribution in [3.8, 4) is 23.0 Å². The second kappa shape index (κ2) is 25.4. The van der Waals surface area contributed by atoms with Gasteiger partial charge in [-0.05, 0) is 101 Å². The molecular weight excluding hydrogens is 544 g/mol. The fourth-order valence-corrected chi connectivity index (χ4v) is 5.41. The zero-order chi connectivity index (χ0) is 30.6. The summed E-state index contributed by atoms with van der Waals surface area (Å²) < 4.78 is 24.0. The van der Waals surface area contributed by atoms with Gasteiger partial charge >= 0.3 is 0 Å². The first-order valence-corrected chi connectivity index (χ1v) is 17.9. The largest absolute Gasteiger partial charge is 0.493 e. The number of ether oxygens (including phenoxy) is 4. The molecule has 4 nitrogen and oxygen atoms in total. The zero-order valence-electron chi connectivity index (χ0n) is 27.5. The number of hydrogen-bond acceptors (Lipinski definition) is 4. The number of fused-ring (bicyclic) bond motifs is 4. The summed E-state index contributed by atoms with van der Waals surface area (Å²) in [5.74, 6) is 3.68. The lowest BCUT2D eigenvalue weighted by molar-refractivity contribution is 0.289. The summed E-state index contributed by atoms with van der Waals surface area (Å²) in [6, 6.07) is 16.3. The van der Waals surface area contributed by atoms with Crippen LogP contribution in [0.3, 0.4) is 0 Å². The molecule has 1 aliphatic rings. The third-order valence-corrected chi connectivity index (χ3v) is 8.08. The predicted octanol–water partition coefficient (Wildman–Crippen LogP) is 11.8. The molecule has 0 saturated heterocycles. The zero-order valence-corrected chi connectivity index (χ0v) is 27.5. The fourth-order valence-electron chi connectivity index (χ4n) is 5.41. The van der Waals surface area contributed by atoms with Crippen LogP contribution in [0.1, 0.15) is 128 Å². The number of rotatable bonds is 0. The van der Waals surface area contributed by atoms with Crippen LogP contribution in [-0.2, 0) is 0 Å². The first kappa shape index (κ1) is 35.6. The quantitative estimate of drug-likeness (QED) is 0.280. The van der Waals surface area contributed by atoms with E-state index in [4.69, 9.17) is 18.9 Å². The Labute approximate surface area is 269 Å². The lowest BCUT2D eigenvalue weighted by Gasteiger charge is -2.10. The third-order valence-electron chi connectivity index (χ3n) is 8.08. The van der Waals surface area contributed by atoms with E-state index in [9.17, 15) is 0 Å². The summed E-state index contributed by atoms with van der Waals surface area (Å²) >= 11 is 0. The van der Waals surface area contributed by atoms with Gasteiger partial charge in [0.15, 0.2) is 0 Å². The SMILES string of the molecule is C1=C\CCCCCCOc2cccc(c2)OCCCCCC/C=C\CCCCCCOc2cccc(c2)OCCCCCC/1. The monoisotopic (exact) mass is 604 g/mol. The summed E-state index contributed by atoms with van der Waals surface area (Å²) in [5.41, 5.74) is 0. The van der Waals surface area contributed by atoms with Gasteiger partial charge in [-0.25, -0.2) is 0 Å². The smallest absolute Gasteiger partial charge is 0.122 e. The van der Waals surface area contributed by atoms with Gasteiger partial charge in [-0.1, -0.05) is 87.8 Å². The highest BCUT2D eigenvalue weighted by atomic mass is 16.5. The second-order valence-corrected chi connectivity index (χ2v) is 12.1. The minimum absolute atomic E-state index is 0.777. The van der Waals surface area contributed by atoms with Crippen LogP contribution in [0.5, 0.6) is 23.0 Å². The van der Waals surface area contributed by atoms with Crippen LogP contribution in [0.2, 0.25) is 0 Å². The normalized spacial score (nSPS) is 20.5. The molecule has 0 atom stereocenters. The van der Waals surface area contributed by atoms with Gasteiger partial charge in [0.2, 0.25) is 0 Å². The molecule has 2 aromatic rings. The van der Waals surface area contributed by atoms with E-state index in [0.29, 0.717) is 0 Å². The Hall–Kier alpha value is -2.88. The Kier molecular flexibility index (Phi) is 20.6.